The maximum absolute atomic E-state index is 10.3. The van der Waals surface area contributed by atoms with Gasteiger partial charge in [0.2, 0.25) is 0 Å². The predicted octanol–water partition coefficient (Wildman–Crippen LogP) is 21.6. The van der Waals surface area contributed by atoms with Crippen LogP contribution in [0.15, 0.2) is 24.3 Å². The van der Waals surface area contributed by atoms with E-state index in [2.05, 4.69) is 239 Å². The first-order valence-electron chi connectivity index (χ1n) is 25.6. The van der Waals surface area contributed by atoms with Gasteiger partial charge in [0, 0.05) is 137 Å². The third-order valence-corrected chi connectivity index (χ3v) is 4.70. The molecule has 0 bridgehead atoms. The van der Waals surface area contributed by atoms with E-state index in [1.54, 1.807) is 0 Å². The van der Waals surface area contributed by atoms with Gasteiger partial charge in [-0.15, -0.1) is 12.8 Å². The zero-order valence-electron chi connectivity index (χ0n) is 50.9. The van der Waals surface area contributed by atoms with E-state index in [1.165, 1.54) is 77.0 Å². The summed E-state index contributed by atoms with van der Waals surface area (Å²) < 4.78 is 0. The third kappa shape index (κ3) is 467. The number of rotatable bonds is 14. The Labute approximate surface area is 529 Å². The molecule has 4 radical (unpaired) electrons. The summed E-state index contributed by atoms with van der Waals surface area (Å²) in [6.07, 6.45) is 25.3. The van der Waals surface area contributed by atoms with Gasteiger partial charge in [0.25, 0.3) is 0 Å². The smallest absolute Gasteiger partial charge is 0.0797 e. The van der Waals surface area contributed by atoms with Gasteiger partial charge in [-0.1, -0.05) is 224 Å². The Morgan fingerprint density at radius 3 is 0.727 bits per heavy atom. The minimum absolute atomic E-state index is 0. The molecular weight excluding hydrogens is 1110 g/mol. The standard InChI is InChI=1S/2C9H17.C8H16NO.C6H13.4C4H9.4C3H8.4Y/c2*1-4-5-6-7-8-9(2)3;1-7(2)5-4-6-9-8(3)10;1-4-5-6(2)3;4*1-4(2)3;4*1-3-2;;;;/h2*4-5,9H,1,6-8H2,2-3H3;7H,3-6H2,1-2H3,(H,9,10);6H,1,4-5H2,2-3H3;4*4H,1H2,2-3H3;4*3H2,1-2H3;;;;/q8*-1;;;;;;;;/b5-4+;5-4-;;;;;;;;;;;;;;. The van der Waals surface area contributed by atoms with Crippen LogP contribution in [-0.4, -0.2) is 12.5 Å². The van der Waals surface area contributed by atoms with Crippen LogP contribution < -0.4 is 5.32 Å². The van der Waals surface area contributed by atoms with Crippen LogP contribution in [0, 0.1) is 103 Å². The van der Waals surface area contributed by atoms with Crippen LogP contribution in [-0.2, 0) is 136 Å². The van der Waals surface area contributed by atoms with E-state index in [0.717, 1.165) is 43.1 Å². The molecule has 1 N–H and O–H groups in total. The number of nitrogens with one attached hydrogen (secondary N) is 1. The third-order valence-electron chi connectivity index (χ3n) is 4.70. The van der Waals surface area contributed by atoms with Crippen molar-refractivity contribution in [3.63, 3.8) is 0 Å². The summed E-state index contributed by atoms with van der Waals surface area (Å²) in [6.45, 7) is 80.7. The number of hydrogen-bond acceptors (Lipinski definition) is 1. The van der Waals surface area contributed by atoms with Gasteiger partial charge < -0.3 is 51.7 Å². The summed E-state index contributed by atoms with van der Waals surface area (Å²) in [7, 11) is 0. The van der Waals surface area contributed by atoms with Crippen molar-refractivity contribution >= 4 is 5.91 Å². The Morgan fingerprint density at radius 2 is 0.606 bits per heavy atom. The molecule has 66 heavy (non-hydrogen) atoms. The van der Waals surface area contributed by atoms with Crippen LogP contribution in [0.4, 0.5) is 0 Å². The maximum atomic E-state index is 10.3. The summed E-state index contributed by atoms with van der Waals surface area (Å²) >= 11 is 0. The summed E-state index contributed by atoms with van der Waals surface area (Å²) in [5.74, 6) is 5.42. The number of unbranched alkanes of at least 4 members (excludes halogenated alkanes) is 2. The summed E-state index contributed by atoms with van der Waals surface area (Å²) in [5, 5.41) is 2.65. The van der Waals surface area contributed by atoms with Crippen molar-refractivity contribution in [1.82, 2.24) is 5.32 Å². The summed E-state index contributed by atoms with van der Waals surface area (Å²) in [6, 6.07) is 0. The Bertz CT molecular complexity index is 594. The molecule has 0 atom stereocenters. The van der Waals surface area contributed by atoms with Crippen molar-refractivity contribution < 1.29 is 136 Å². The van der Waals surface area contributed by atoms with Crippen LogP contribution >= 0.6 is 0 Å². The molecule has 402 valence electrons. The van der Waals surface area contributed by atoms with Gasteiger partial charge in [0.05, 0.1) is 5.91 Å². The Morgan fingerprint density at radius 1 is 0.424 bits per heavy atom. The Balaban J connectivity index is -0.0000000302. The number of carbonyl (C=O) groups is 1. The second-order valence-corrected chi connectivity index (χ2v) is 18.9. The van der Waals surface area contributed by atoms with Crippen molar-refractivity contribution in [3.05, 3.63) is 79.7 Å². The van der Waals surface area contributed by atoms with Crippen LogP contribution in [0.1, 0.15) is 256 Å². The van der Waals surface area contributed by atoms with Crippen LogP contribution in [0.3, 0.4) is 0 Å². The van der Waals surface area contributed by atoms with Crippen molar-refractivity contribution in [2.75, 3.05) is 6.54 Å². The van der Waals surface area contributed by atoms with E-state index in [1.807, 2.05) is 12.2 Å². The van der Waals surface area contributed by atoms with Crippen molar-refractivity contribution in [2.24, 2.45) is 47.3 Å². The first-order chi connectivity index (χ1) is 28.5. The molecular formula is C60H131NOY4-8. The molecule has 0 aliphatic carbocycles. The molecule has 0 aliphatic rings. The first kappa shape index (κ1) is 114. The Hall–Kier alpha value is 2.98. The molecule has 0 aromatic rings. The minimum atomic E-state index is -0.177. The van der Waals surface area contributed by atoms with Gasteiger partial charge in [-0.2, -0.15) is 30.1 Å². The molecule has 0 saturated heterocycles. The molecule has 0 spiro atoms. The van der Waals surface area contributed by atoms with E-state index in [0.29, 0.717) is 23.7 Å². The zero-order valence-corrected chi connectivity index (χ0v) is 62.3. The average Bonchev–Trinajstić information content (AvgIpc) is 3.08. The van der Waals surface area contributed by atoms with Gasteiger partial charge in [-0.25, -0.2) is 38.2 Å². The molecule has 0 rings (SSSR count). The monoisotopic (exact) mass is 1240 g/mol. The van der Waals surface area contributed by atoms with Gasteiger partial charge in [0.1, 0.15) is 0 Å². The number of carbonyl (C=O) groups excluding carboxylic acids is 1. The molecule has 0 aromatic heterocycles. The van der Waals surface area contributed by atoms with E-state index in [4.69, 9.17) is 0 Å². The largest absolute Gasteiger partial charge is 0.381 e. The average molecular weight is 1240 g/mol. The SMILES string of the molecule is CCC.CCC.CCC.CCC.[CH2-]/C=C/CCCC(C)C.[CH2-]/C=C\CCCC(C)C.[CH2-]C(=O)NCCCC(C)C.[CH2-]C(C)C.[CH2-]C(C)C.[CH2-]C(C)C.[CH2-]C(C)C.[CH2-]CCC(C)C.[Y].[Y].[Y].[Y]. The minimum Gasteiger partial charge on any atom is -0.381 e. The molecule has 2 nitrogen and oxygen atoms in total. The fraction of sp³-hybridized carbons (Fsp3) is 0.783. The number of amides is 1. The number of hydrogen-bond donors (Lipinski definition) is 1. The molecule has 0 saturated carbocycles. The van der Waals surface area contributed by atoms with Crippen LogP contribution in [0.2, 0.25) is 0 Å². The molecule has 0 aliphatic heterocycles. The quantitative estimate of drug-likeness (QED) is 0.136. The molecule has 1 amide bonds. The zero-order chi connectivity index (χ0) is 52.3. The summed E-state index contributed by atoms with van der Waals surface area (Å²) in [5.41, 5.74) is 0. The molecule has 0 heterocycles. The fourth-order valence-electron chi connectivity index (χ4n) is 2.67. The fourth-order valence-corrected chi connectivity index (χ4v) is 2.67. The predicted molar refractivity (Wildman–Crippen MR) is 303 cm³/mol. The van der Waals surface area contributed by atoms with Gasteiger partial charge >= 0.3 is 0 Å². The molecule has 0 fully saturated rings. The second kappa shape index (κ2) is 122. The maximum Gasteiger partial charge on any atom is 0.0797 e. The normalized spacial score (nSPS) is 8.80. The van der Waals surface area contributed by atoms with E-state index >= 15 is 0 Å². The van der Waals surface area contributed by atoms with Crippen molar-refractivity contribution in [2.45, 2.75) is 256 Å². The topological polar surface area (TPSA) is 29.1 Å². The van der Waals surface area contributed by atoms with Crippen LogP contribution in [0.5, 0.6) is 0 Å². The van der Waals surface area contributed by atoms with E-state index in [9.17, 15) is 4.79 Å². The van der Waals surface area contributed by atoms with Crippen molar-refractivity contribution in [3.8, 4) is 0 Å². The second-order valence-electron chi connectivity index (χ2n) is 18.9. The number of allylic oxidation sites excluding steroid dienone is 4. The summed E-state index contributed by atoms with van der Waals surface area (Å²) in [4.78, 5) is 10.3. The van der Waals surface area contributed by atoms with Gasteiger partial charge in [0.15, 0.2) is 0 Å². The first-order valence-corrected chi connectivity index (χ1v) is 25.6. The molecule has 0 aromatic carbocycles. The molecule has 0 unspecified atom stereocenters. The van der Waals surface area contributed by atoms with Crippen LogP contribution in [0.25, 0.3) is 0 Å². The van der Waals surface area contributed by atoms with Gasteiger partial charge in [-0.05, 0) is 36.5 Å². The van der Waals surface area contributed by atoms with E-state index in [-0.39, 0.29) is 137 Å². The van der Waals surface area contributed by atoms with Gasteiger partial charge in [-0.3, -0.25) is 0 Å². The Kier molecular flexibility index (Phi) is 210. The van der Waals surface area contributed by atoms with E-state index < -0.39 is 0 Å². The van der Waals surface area contributed by atoms with Crippen molar-refractivity contribution in [1.29, 1.82) is 0 Å². The molecule has 6 heteroatoms.